The topological polar surface area (TPSA) is 42.0 Å². The molecule has 2 atom stereocenters. The summed E-state index contributed by atoms with van der Waals surface area (Å²) >= 11 is 3.15. The first-order valence-electron chi connectivity index (χ1n) is 6.37. The van der Waals surface area contributed by atoms with Gasteiger partial charge in [-0.05, 0) is 40.9 Å². The molecule has 2 rings (SSSR count). The lowest BCUT2D eigenvalue weighted by atomic mass is 9.78. The molecular formula is C13H14BrF3N2O. The first kappa shape index (κ1) is 15.3. The van der Waals surface area contributed by atoms with Gasteiger partial charge in [-0.3, -0.25) is 4.79 Å². The number of amides is 1. The quantitative estimate of drug-likeness (QED) is 0.814. The zero-order chi connectivity index (χ0) is 14.8. The molecule has 1 aromatic rings. The molecular weight excluding hydrogens is 337 g/mol. The normalized spacial score (nSPS) is 23.4. The number of hydrogen-bond acceptors (Lipinski definition) is 2. The Bertz CT molecular complexity index is 475. The Labute approximate surface area is 123 Å². The van der Waals surface area contributed by atoms with Crippen LogP contribution in [0.3, 0.4) is 0 Å². The summed E-state index contributed by atoms with van der Waals surface area (Å²) in [4.78, 5) is 16.0. The van der Waals surface area contributed by atoms with E-state index in [1.807, 2.05) is 0 Å². The Morgan fingerprint density at radius 3 is 2.60 bits per heavy atom. The van der Waals surface area contributed by atoms with Gasteiger partial charge in [0.15, 0.2) is 0 Å². The van der Waals surface area contributed by atoms with E-state index in [4.69, 9.17) is 0 Å². The molecule has 1 aliphatic carbocycles. The van der Waals surface area contributed by atoms with Crippen molar-refractivity contribution in [2.75, 3.05) is 5.32 Å². The Balaban J connectivity index is 2.08. The maximum atomic E-state index is 12.9. The lowest BCUT2D eigenvalue weighted by molar-refractivity contribution is -0.197. The van der Waals surface area contributed by atoms with E-state index in [1.165, 1.54) is 6.20 Å². The second-order valence-corrected chi connectivity index (χ2v) is 5.71. The van der Waals surface area contributed by atoms with E-state index in [9.17, 15) is 18.0 Å². The largest absolute Gasteiger partial charge is 0.392 e. The third-order valence-corrected chi connectivity index (χ3v) is 3.99. The molecule has 1 fully saturated rings. The van der Waals surface area contributed by atoms with Gasteiger partial charge in [-0.2, -0.15) is 13.2 Å². The molecule has 0 spiro atoms. The fraction of sp³-hybridized carbons (Fsp3) is 0.538. The highest BCUT2D eigenvalue weighted by atomic mass is 79.9. The predicted octanol–water partition coefficient (Wildman–Crippen LogP) is 4.15. The molecule has 1 heterocycles. The van der Waals surface area contributed by atoms with Crippen LogP contribution in [0.15, 0.2) is 22.9 Å². The molecule has 0 aromatic carbocycles. The Morgan fingerprint density at radius 2 is 2.00 bits per heavy atom. The van der Waals surface area contributed by atoms with Crippen molar-refractivity contribution in [2.24, 2.45) is 11.8 Å². The number of nitrogens with zero attached hydrogens (tertiary/aromatic N) is 1. The van der Waals surface area contributed by atoms with Crippen molar-refractivity contribution in [3.63, 3.8) is 0 Å². The van der Waals surface area contributed by atoms with Crippen LogP contribution in [-0.4, -0.2) is 17.1 Å². The Kier molecular flexibility index (Phi) is 4.67. The third-order valence-electron chi connectivity index (χ3n) is 3.52. The second-order valence-electron chi connectivity index (χ2n) is 4.90. The summed E-state index contributed by atoms with van der Waals surface area (Å²) in [5.74, 6) is -3.12. The molecule has 1 saturated carbocycles. The number of carbonyl (C=O) groups is 1. The first-order chi connectivity index (χ1) is 9.38. The van der Waals surface area contributed by atoms with E-state index in [0.29, 0.717) is 23.1 Å². The van der Waals surface area contributed by atoms with Gasteiger partial charge < -0.3 is 5.32 Å². The highest BCUT2D eigenvalue weighted by Gasteiger charge is 2.48. The fourth-order valence-corrected chi connectivity index (χ4v) is 2.76. The summed E-state index contributed by atoms with van der Waals surface area (Å²) in [5, 5.41) is 2.52. The molecule has 2 unspecified atom stereocenters. The van der Waals surface area contributed by atoms with Gasteiger partial charge in [-0.15, -0.1) is 0 Å². The molecule has 7 heteroatoms. The number of carbonyl (C=O) groups excluding carboxylic acids is 1. The Morgan fingerprint density at radius 1 is 1.30 bits per heavy atom. The van der Waals surface area contributed by atoms with Gasteiger partial charge in [0.25, 0.3) is 0 Å². The highest BCUT2D eigenvalue weighted by Crippen LogP contribution is 2.41. The van der Waals surface area contributed by atoms with Crippen molar-refractivity contribution in [1.29, 1.82) is 0 Å². The van der Waals surface area contributed by atoms with Crippen LogP contribution < -0.4 is 5.32 Å². The Hall–Kier alpha value is -1.11. The molecule has 1 aliphatic rings. The van der Waals surface area contributed by atoms with E-state index in [0.717, 1.165) is 0 Å². The summed E-state index contributed by atoms with van der Waals surface area (Å²) < 4.78 is 39.4. The summed E-state index contributed by atoms with van der Waals surface area (Å²) in [6, 6.07) is 3.22. The number of halogens is 4. The molecule has 0 saturated heterocycles. The second kappa shape index (κ2) is 6.11. The fourth-order valence-electron chi connectivity index (χ4n) is 2.52. The van der Waals surface area contributed by atoms with Gasteiger partial charge >= 0.3 is 6.18 Å². The minimum Gasteiger partial charge on any atom is -0.324 e. The summed E-state index contributed by atoms with van der Waals surface area (Å²) in [5.41, 5.74) is 0.407. The van der Waals surface area contributed by atoms with Gasteiger partial charge in [0.2, 0.25) is 5.91 Å². The molecule has 20 heavy (non-hydrogen) atoms. The average molecular weight is 351 g/mol. The van der Waals surface area contributed by atoms with Crippen molar-refractivity contribution in [3.05, 3.63) is 22.9 Å². The molecule has 0 radical (unpaired) electrons. The highest BCUT2D eigenvalue weighted by molar-refractivity contribution is 9.10. The van der Waals surface area contributed by atoms with Crippen molar-refractivity contribution >= 4 is 27.5 Å². The molecule has 1 aromatic heterocycles. The van der Waals surface area contributed by atoms with Crippen LogP contribution in [0.25, 0.3) is 0 Å². The zero-order valence-corrected chi connectivity index (χ0v) is 12.2. The first-order valence-corrected chi connectivity index (χ1v) is 7.16. The molecule has 0 aliphatic heterocycles. The van der Waals surface area contributed by atoms with Crippen LogP contribution in [0.2, 0.25) is 0 Å². The van der Waals surface area contributed by atoms with Crippen LogP contribution in [0.1, 0.15) is 25.7 Å². The summed E-state index contributed by atoms with van der Waals surface area (Å²) in [6.07, 6.45) is -1.43. The summed E-state index contributed by atoms with van der Waals surface area (Å²) in [6.45, 7) is 0. The maximum absolute atomic E-state index is 12.9. The van der Waals surface area contributed by atoms with Crippen LogP contribution in [-0.2, 0) is 4.79 Å². The number of rotatable bonds is 2. The lowest BCUT2D eigenvalue weighted by Crippen LogP contribution is -2.39. The molecule has 110 valence electrons. The van der Waals surface area contributed by atoms with Crippen LogP contribution >= 0.6 is 15.9 Å². The smallest absolute Gasteiger partial charge is 0.324 e. The minimum absolute atomic E-state index is 0.0280. The number of anilines is 1. The van der Waals surface area contributed by atoms with E-state index in [1.54, 1.807) is 12.1 Å². The number of aromatic nitrogens is 1. The third kappa shape index (κ3) is 3.71. The standard InChI is InChI=1S/C13H14BrF3N2O/c14-11-6-5-8(7-18-11)19-12(20)9-3-1-2-4-10(9)13(15,16)17/h5-7,9-10H,1-4H2,(H,19,20). The van der Waals surface area contributed by atoms with Gasteiger partial charge in [0, 0.05) is 5.92 Å². The van der Waals surface area contributed by atoms with Crippen molar-refractivity contribution in [1.82, 2.24) is 4.98 Å². The van der Waals surface area contributed by atoms with Crippen molar-refractivity contribution in [2.45, 2.75) is 31.9 Å². The number of alkyl halides is 3. The van der Waals surface area contributed by atoms with Crippen LogP contribution in [0.5, 0.6) is 0 Å². The predicted molar refractivity (Wildman–Crippen MR) is 72.1 cm³/mol. The van der Waals surface area contributed by atoms with Crippen LogP contribution in [0.4, 0.5) is 18.9 Å². The molecule has 1 N–H and O–H groups in total. The van der Waals surface area contributed by atoms with Gasteiger partial charge in [-0.25, -0.2) is 4.98 Å². The molecule has 3 nitrogen and oxygen atoms in total. The van der Waals surface area contributed by atoms with E-state index in [-0.39, 0.29) is 12.8 Å². The van der Waals surface area contributed by atoms with Crippen molar-refractivity contribution in [3.8, 4) is 0 Å². The van der Waals surface area contributed by atoms with E-state index < -0.39 is 23.9 Å². The molecule has 1 amide bonds. The lowest BCUT2D eigenvalue weighted by Gasteiger charge is -2.31. The number of pyridine rings is 1. The maximum Gasteiger partial charge on any atom is 0.392 e. The molecule has 0 bridgehead atoms. The monoisotopic (exact) mass is 350 g/mol. The summed E-state index contributed by atoms with van der Waals surface area (Å²) in [7, 11) is 0. The van der Waals surface area contributed by atoms with Gasteiger partial charge in [0.05, 0.1) is 17.8 Å². The van der Waals surface area contributed by atoms with Crippen molar-refractivity contribution < 1.29 is 18.0 Å². The zero-order valence-electron chi connectivity index (χ0n) is 10.6. The minimum atomic E-state index is -4.32. The average Bonchev–Trinajstić information content (AvgIpc) is 2.40. The van der Waals surface area contributed by atoms with Crippen LogP contribution in [0, 0.1) is 11.8 Å². The van der Waals surface area contributed by atoms with E-state index >= 15 is 0 Å². The number of nitrogens with one attached hydrogen (secondary N) is 1. The van der Waals surface area contributed by atoms with Gasteiger partial charge in [-0.1, -0.05) is 12.8 Å². The van der Waals surface area contributed by atoms with Gasteiger partial charge in [0.1, 0.15) is 4.60 Å². The number of hydrogen-bond donors (Lipinski definition) is 1. The van der Waals surface area contributed by atoms with E-state index in [2.05, 4.69) is 26.2 Å². The SMILES string of the molecule is O=C(Nc1ccc(Br)nc1)C1CCCCC1C(F)(F)F.